The minimum atomic E-state index is -0.504. The lowest BCUT2D eigenvalue weighted by Gasteiger charge is -2.17. The quantitative estimate of drug-likeness (QED) is 0.748. The fraction of sp³-hybridized carbons (Fsp3) is 0.500. The molecule has 18 heavy (non-hydrogen) atoms. The fourth-order valence-electron chi connectivity index (χ4n) is 1.48. The number of rotatable bonds is 7. The molecule has 1 rings (SSSR count). The molecule has 0 aromatic heterocycles. The topological polar surface area (TPSA) is 50.5 Å². The highest BCUT2D eigenvalue weighted by Crippen LogP contribution is 2.28. The maximum absolute atomic E-state index is 13.7. The second-order valence-corrected chi connectivity index (χ2v) is 4.46. The van der Waals surface area contributed by atoms with Crippen molar-refractivity contribution in [3.8, 4) is 0 Å². The molecule has 0 unspecified atom stereocenters. The molecule has 0 saturated heterocycles. The normalized spacial score (nSPS) is 10.9. The Bertz CT molecular complexity index is 390. The molecule has 0 saturated carbocycles. The smallest absolute Gasteiger partial charge is 0.166 e. The summed E-state index contributed by atoms with van der Waals surface area (Å²) in [6, 6.07) is 3.03. The van der Waals surface area contributed by atoms with Crippen LogP contribution in [0.4, 0.5) is 15.8 Å². The van der Waals surface area contributed by atoms with Gasteiger partial charge >= 0.3 is 0 Å². The number of nitrogen functional groups attached to an aromatic ring is 1. The molecule has 0 heterocycles. The van der Waals surface area contributed by atoms with Gasteiger partial charge in [0.05, 0.1) is 23.0 Å². The largest absolute Gasteiger partial charge is 0.397 e. The summed E-state index contributed by atoms with van der Waals surface area (Å²) in [4.78, 5) is 2.08. The molecule has 0 amide bonds. The Kier molecular flexibility index (Phi) is 6.18. The zero-order valence-electron chi connectivity index (χ0n) is 10.7. The molecule has 3 N–H and O–H groups in total. The number of likely N-dealkylation sites (N-methyl/N-ethyl adjacent to an activating group) is 1. The van der Waals surface area contributed by atoms with E-state index in [9.17, 15) is 4.39 Å². The van der Waals surface area contributed by atoms with Crippen molar-refractivity contribution < 1.29 is 9.13 Å². The molecule has 102 valence electrons. The molecule has 0 radical (unpaired) electrons. The number of benzene rings is 1. The zero-order chi connectivity index (χ0) is 13.5. The van der Waals surface area contributed by atoms with Gasteiger partial charge in [-0.15, -0.1) is 0 Å². The number of anilines is 2. The first-order valence-corrected chi connectivity index (χ1v) is 6.09. The van der Waals surface area contributed by atoms with Crippen molar-refractivity contribution in [1.82, 2.24) is 4.90 Å². The van der Waals surface area contributed by atoms with E-state index in [0.29, 0.717) is 18.8 Å². The number of nitrogens with two attached hydrogens (primary N) is 1. The van der Waals surface area contributed by atoms with Crippen LogP contribution in [0.3, 0.4) is 0 Å². The van der Waals surface area contributed by atoms with Gasteiger partial charge in [-0.2, -0.15) is 0 Å². The van der Waals surface area contributed by atoms with Gasteiger partial charge < -0.3 is 20.7 Å². The summed E-state index contributed by atoms with van der Waals surface area (Å²) in [6.07, 6.45) is 0. The molecule has 0 atom stereocenters. The van der Waals surface area contributed by atoms with E-state index >= 15 is 0 Å². The molecule has 0 bridgehead atoms. The summed E-state index contributed by atoms with van der Waals surface area (Å²) in [5.74, 6) is -0.504. The SMILES string of the molecule is COCCN(C)CCNc1c(N)ccc(Cl)c1F. The van der Waals surface area contributed by atoms with Gasteiger partial charge in [-0.1, -0.05) is 11.6 Å². The molecule has 1 aromatic rings. The van der Waals surface area contributed by atoms with Crippen LogP contribution in [0.5, 0.6) is 0 Å². The minimum Gasteiger partial charge on any atom is -0.397 e. The van der Waals surface area contributed by atoms with Crippen LogP contribution >= 0.6 is 11.6 Å². The number of hydrogen-bond donors (Lipinski definition) is 2. The molecule has 0 aliphatic rings. The first-order chi connectivity index (χ1) is 8.56. The van der Waals surface area contributed by atoms with Gasteiger partial charge in [0.25, 0.3) is 0 Å². The molecule has 4 nitrogen and oxygen atoms in total. The zero-order valence-corrected chi connectivity index (χ0v) is 11.4. The van der Waals surface area contributed by atoms with Crippen LogP contribution < -0.4 is 11.1 Å². The van der Waals surface area contributed by atoms with Gasteiger partial charge in [0.1, 0.15) is 0 Å². The lowest BCUT2D eigenvalue weighted by atomic mass is 10.2. The Morgan fingerprint density at radius 2 is 2.17 bits per heavy atom. The Labute approximate surface area is 112 Å². The van der Waals surface area contributed by atoms with Crippen LogP contribution in [0.2, 0.25) is 5.02 Å². The number of hydrogen-bond acceptors (Lipinski definition) is 4. The Morgan fingerprint density at radius 3 is 2.83 bits per heavy atom. The number of halogens is 2. The highest BCUT2D eigenvalue weighted by molar-refractivity contribution is 6.31. The molecule has 1 aromatic carbocycles. The third-order valence-electron chi connectivity index (χ3n) is 2.60. The molecule has 0 fully saturated rings. The summed E-state index contributed by atoms with van der Waals surface area (Å²) in [5, 5.41) is 3.03. The summed E-state index contributed by atoms with van der Waals surface area (Å²) in [7, 11) is 3.63. The summed E-state index contributed by atoms with van der Waals surface area (Å²) in [5.41, 5.74) is 6.32. The van der Waals surface area contributed by atoms with E-state index in [1.165, 1.54) is 6.07 Å². The van der Waals surface area contributed by atoms with Crippen LogP contribution in [-0.4, -0.2) is 45.3 Å². The van der Waals surface area contributed by atoms with E-state index in [2.05, 4.69) is 10.2 Å². The van der Waals surface area contributed by atoms with Crippen LogP contribution in [0.15, 0.2) is 12.1 Å². The van der Waals surface area contributed by atoms with E-state index in [0.717, 1.165) is 13.1 Å². The lowest BCUT2D eigenvalue weighted by Crippen LogP contribution is -2.28. The Hall–Kier alpha value is -1.04. The second kappa shape index (κ2) is 7.41. The first kappa shape index (κ1) is 15.0. The Balaban J connectivity index is 2.46. The molecule has 6 heteroatoms. The van der Waals surface area contributed by atoms with E-state index in [-0.39, 0.29) is 10.7 Å². The molecule has 0 spiro atoms. The van der Waals surface area contributed by atoms with Gasteiger partial charge in [-0.25, -0.2) is 4.39 Å². The van der Waals surface area contributed by atoms with Crippen molar-refractivity contribution in [2.45, 2.75) is 0 Å². The molecule has 0 aliphatic carbocycles. The monoisotopic (exact) mass is 275 g/mol. The second-order valence-electron chi connectivity index (χ2n) is 4.05. The maximum atomic E-state index is 13.7. The van der Waals surface area contributed by atoms with Crippen molar-refractivity contribution in [1.29, 1.82) is 0 Å². The lowest BCUT2D eigenvalue weighted by molar-refractivity contribution is 0.163. The predicted molar refractivity (Wildman–Crippen MR) is 73.7 cm³/mol. The van der Waals surface area contributed by atoms with Crippen molar-refractivity contribution in [2.24, 2.45) is 0 Å². The van der Waals surface area contributed by atoms with E-state index in [1.54, 1.807) is 13.2 Å². The van der Waals surface area contributed by atoms with Crippen LogP contribution in [-0.2, 0) is 4.74 Å². The van der Waals surface area contributed by atoms with Crippen molar-refractivity contribution in [3.05, 3.63) is 23.0 Å². The Morgan fingerprint density at radius 1 is 1.44 bits per heavy atom. The van der Waals surface area contributed by atoms with Crippen LogP contribution in [0.25, 0.3) is 0 Å². The summed E-state index contributed by atoms with van der Waals surface area (Å²) >= 11 is 5.70. The van der Waals surface area contributed by atoms with Gasteiger partial charge in [0, 0.05) is 26.7 Å². The average molecular weight is 276 g/mol. The summed E-state index contributed by atoms with van der Waals surface area (Å²) < 4.78 is 18.7. The van der Waals surface area contributed by atoms with E-state index in [1.807, 2.05) is 7.05 Å². The average Bonchev–Trinajstić information content (AvgIpc) is 2.35. The number of nitrogens with one attached hydrogen (secondary N) is 1. The fourth-order valence-corrected chi connectivity index (χ4v) is 1.63. The van der Waals surface area contributed by atoms with Crippen LogP contribution in [0.1, 0.15) is 0 Å². The van der Waals surface area contributed by atoms with Crippen molar-refractivity contribution in [2.75, 3.05) is 51.4 Å². The highest BCUT2D eigenvalue weighted by Gasteiger charge is 2.10. The predicted octanol–water partition coefficient (Wildman–Crippen LogP) is 2.05. The van der Waals surface area contributed by atoms with Gasteiger partial charge in [-0.05, 0) is 19.2 Å². The maximum Gasteiger partial charge on any atom is 0.166 e. The number of nitrogens with zero attached hydrogens (tertiary/aromatic N) is 1. The number of methoxy groups -OCH3 is 1. The molecule has 0 aliphatic heterocycles. The summed E-state index contributed by atoms with van der Waals surface area (Å²) in [6.45, 7) is 2.84. The van der Waals surface area contributed by atoms with Crippen LogP contribution in [0, 0.1) is 5.82 Å². The standard InChI is InChI=1S/C12H19ClFN3O/c1-17(7-8-18-2)6-5-16-12-10(15)4-3-9(13)11(12)14/h3-4,16H,5-8,15H2,1-2H3. The van der Waals surface area contributed by atoms with Gasteiger partial charge in [0.15, 0.2) is 5.82 Å². The minimum absolute atomic E-state index is 0.0689. The van der Waals surface area contributed by atoms with E-state index in [4.69, 9.17) is 22.1 Å². The van der Waals surface area contributed by atoms with Crippen molar-refractivity contribution >= 4 is 23.0 Å². The van der Waals surface area contributed by atoms with E-state index < -0.39 is 5.82 Å². The third kappa shape index (κ3) is 4.33. The first-order valence-electron chi connectivity index (χ1n) is 5.71. The van der Waals surface area contributed by atoms with Gasteiger partial charge in [-0.3, -0.25) is 0 Å². The highest BCUT2D eigenvalue weighted by atomic mass is 35.5. The van der Waals surface area contributed by atoms with Gasteiger partial charge in [0.2, 0.25) is 0 Å². The number of ether oxygens (including phenoxy) is 1. The van der Waals surface area contributed by atoms with Crippen molar-refractivity contribution in [3.63, 3.8) is 0 Å². The molecular formula is C12H19ClFN3O. The molecular weight excluding hydrogens is 257 g/mol. The third-order valence-corrected chi connectivity index (χ3v) is 2.89.